The Morgan fingerprint density at radius 1 is 1.00 bits per heavy atom. The number of alkyl halides is 3. The number of likely N-dealkylation sites (tertiary alicyclic amines) is 1. The summed E-state index contributed by atoms with van der Waals surface area (Å²) in [6.45, 7) is 3.00. The van der Waals surface area contributed by atoms with Crippen molar-refractivity contribution in [3.05, 3.63) is 64.7 Å². The van der Waals surface area contributed by atoms with Gasteiger partial charge in [0, 0.05) is 6.54 Å². The maximum atomic E-state index is 13.0. The lowest BCUT2D eigenvalue weighted by Gasteiger charge is -2.32. The highest BCUT2D eigenvalue weighted by Gasteiger charge is 2.34. The largest absolute Gasteiger partial charge is 0.416 e. The Bertz CT molecular complexity index is 1210. The Morgan fingerprint density at radius 3 is 2.45 bits per heavy atom. The predicted octanol–water partition coefficient (Wildman–Crippen LogP) is 5.13. The first kappa shape index (κ1) is 28.3. The molecule has 206 valence electrons. The van der Waals surface area contributed by atoms with Crippen molar-refractivity contribution < 1.29 is 36.7 Å². The van der Waals surface area contributed by atoms with Crippen LogP contribution in [0.1, 0.15) is 60.4 Å². The molecule has 3 N–H and O–H groups in total. The van der Waals surface area contributed by atoms with E-state index in [2.05, 4.69) is 16.3 Å². The van der Waals surface area contributed by atoms with E-state index in [0.717, 1.165) is 61.8 Å². The predicted molar refractivity (Wildman–Crippen MR) is 137 cm³/mol. The summed E-state index contributed by atoms with van der Waals surface area (Å²) >= 11 is 0. The topological polar surface area (TPSA) is 107 Å². The molecule has 0 saturated carbocycles. The number of hydrogen-bond acceptors (Lipinski definition) is 6. The first-order valence-electron chi connectivity index (χ1n) is 12.6. The van der Waals surface area contributed by atoms with Gasteiger partial charge in [0.15, 0.2) is 0 Å². The fraction of sp³-hybridized carbons (Fsp3) is 0.444. The molecule has 1 amide bonds. The molecule has 4 rings (SSSR count). The van der Waals surface area contributed by atoms with Gasteiger partial charge in [-0.25, -0.2) is 0 Å². The maximum absolute atomic E-state index is 13.0. The Labute approximate surface area is 220 Å². The summed E-state index contributed by atoms with van der Waals surface area (Å²) in [4.78, 5) is 39.4. The van der Waals surface area contributed by atoms with Gasteiger partial charge in [0.2, 0.25) is 5.78 Å². The van der Waals surface area contributed by atoms with Crippen LogP contribution in [-0.2, 0) is 33.5 Å². The number of piperidine rings is 1. The second-order valence-electron chi connectivity index (χ2n) is 9.88. The van der Waals surface area contributed by atoms with Crippen LogP contribution in [0, 0.1) is 0 Å². The van der Waals surface area contributed by atoms with E-state index < -0.39 is 56.5 Å². The molecule has 2 aromatic carbocycles. The smallest absolute Gasteiger partial charge is 0.342 e. The number of halogens is 3. The van der Waals surface area contributed by atoms with Gasteiger partial charge in [0.25, 0.3) is 11.7 Å². The van der Waals surface area contributed by atoms with Gasteiger partial charge >= 0.3 is 6.18 Å². The van der Waals surface area contributed by atoms with Crippen molar-refractivity contribution in [1.82, 2.24) is 10.2 Å². The molecule has 2 aliphatic rings. The van der Waals surface area contributed by atoms with Crippen molar-refractivity contribution in [3.63, 3.8) is 0 Å². The third-order valence-corrected chi connectivity index (χ3v) is 8.69. The maximum Gasteiger partial charge on any atom is 0.416 e. The molecule has 0 spiro atoms. The Kier molecular flexibility index (Phi) is 8.61. The normalized spacial score (nSPS) is 18.9. The van der Waals surface area contributed by atoms with Gasteiger partial charge in [-0.1, -0.05) is 30.7 Å². The molecular weight excluding hydrogens is 521 g/mol. The zero-order valence-electron chi connectivity index (χ0n) is 20.8. The molecule has 0 radical (unpaired) electrons. The SMILES string of the molecule is O=C(CS(O)(O)c1cccc(C(F)(F)F)c1)C(=O)C(=O)N[C@@H]1CCCc2cc(CN3CCCCC3)ccc21. The molecule has 38 heavy (non-hydrogen) atoms. The van der Waals surface area contributed by atoms with Gasteiger partial charge in [-0.3, -0.25) is 28.4 Å². The van der Waals surface area contributed by atoms with Crippen LogP contribution >= 0.6 is 10.6 Å². The molecule has 1 aliphatic heterocycles. The van der Waals surface area contributed by atoms with Crippen LogP contribution in [0.4, 0.5) is 13.2 Å². The molecular formula is C27H31F3N2O5S. The van der Waals surface area contributed by atoms with Crippen molar-refractivity contribution in [2.45, 2.75) is 62.2 Å². The number of aryl methyl sites for hydroxylation is 1. The van der Waals surface area contributed by atoms with Crippen LogP contribution in [0.25, 0.3) is 0 Å². The third kappa shape index (κ3) is 6.82. The summed E-state index contributed by atoms with van der Waals surface area (Å²) in [7, 11) is -4.07. The van der Waals surface area contributed by atoms with E-state index in [1.165, 1.54) is 24.8 Å². The molecule has 11 heteroatoms. The molecule has 2 aromatic rings. The highest BCUT2D eigenvalue weighted by atomic mass is 32.3. The average molecular weight is 553 g/mol. The standard InChI is InChI=1S/C27H31F3N2O5S/c28-27(29,30)20-7-5-8-21(15-20)38(36,37)17-24(33)25(34)26(35)31-23-9-4-6-19-14-18(10-11-22(19)23)16-32-12-2-1-3-13-32/h5,7-8,10-11,14-15,23,36-37H,1-4,6,9,12-13,16-17H2,(H,31,35)/t23-/m1/s1. The minimum absolute atomic E-state index is 0.476. The van der Waals surface area contributed by atoms with Crippen LogP contribution in [0.3, 0.4) is 0 Å². The minimum Gasteiger partial charge on any atom is -0.342 e. The van der Waals surface area contributed by atoms with E-state index in [9.17, 15) is 36.7 Å². The number of rotatable bonds is 8. The minimum atomic E-state index is -4.73. The lowest BCUT2D eigenvalue weighted by atomic mass is 9.86. The van der Waals surface area contributed by atoms with Crippen LogP contribution < -0.4 is 5.32 Å². The first-order chi connectivity index (χ1) is 17.9. The number of fused-ring (bicyclic) bond motifs is 1. The van der Waals surface area contributed by atoms with Gasteiger partial charge in [-0.2, -0.15) is 23.8 Å². The number of nitrogens with zero attached hydrogens (tertiary/aromatic N) is 1. The second kappa shape index (κ2) is 11.6. The fourth-order valence-corrected chi connectivity index (χ4v) is 6.33. The summed E-state index contributed by atoms with van der Waals surface area (Å²) in [5.74, 6) is -5.20. The molecule has 1 saturated heterocycles. The molecule has 7 nitrogen and oxygen atoms in total. The highest BCUT2D eigenvalue weighted by molar-refractivity contribution is 8.25. The van der Waals surface area contributed by atoms with Crippen molar-refractivity contribution >= 4 is 28.1 Å². The summed E-state index contributed by atoms with van der Waals surface area (Å²) in [6.07, 6.45) is 1.11. The Morgan fingerprint density at radius 2 is 1.74 bits per heavy atom. The van der Waals surface area contributed by atoms with Crippen molar-refractivity contribution in [1.29, 1.82) is 0 Å². The summed E-state index contributed by atoms with van der Waals surface area (Å²) in [6, 6.07) is 8.87. The van der Waals surface area contributed by atoms with Crippen LogP contribution in [-0.4, -0.2) is 50.3 Å². The number of hydrogen-bond donors (Lipinski definition) is 3. The number of benzene rings is 2. The van der Waals surface area contributed by atoms with Crippen LogP contribution in [0.5, 0.6) is 0 Å². The van der Waals surface area contributed by atoms with Gasteiger partial charge in [-0.15, -0.1) is 0 Å². The van der Waals surface area contributed by atoms with Crippen molar-refractivity contribution in [2.24, 2.45) is 0 Å². The number of nitrogens with one attached hydrogen (secondary N) is 1. The molecule has 1 aliphatic carbocycles. The molecule has 1 heterocycles. The zero-order chi connectivity index (χ0) is 27.5. The number of carbonyl (C=O) groups is 3. The van der Waals surface area contributed by atoms with Gasteiger partial charge in [0.05, 0.1) is 16.5 Å². The van der Waals surface area contributed by atoms with Gasteiger partial charge in [-0.05, 0) is 80.1 Å². The molecule has 1 atom stereocenters. The molecule has 0 bridgehead atoms. The van der Waals surface area contributed by atoms with Crippen LogP contribution in [0.15, 0.2) is 47.4 Å². The molecule has 1 fully saturated rings. The fourth-order valence-electron chi connectivity index (χ4n) is 5.05. The first-order valence-corrected chi connectivity index (χ1v) is 14.3. The zero-order valence-corrected chi connectivity index (χ0v) is 21.6. The summed E-state index contributed by atoms with van der Waals surface area (Å²) in [5.41, 5.74) is 2.01. The van der Waals surface area contributed by atoms with E-state index >= 15 is 0 Å². The number of carbonyl (C=O) groups excluding carboxylic acids is 3. The lowest BCUT2D eigenvalue weighted by molar-refractivity contribution is -0.144. The van der Waals surface area contributed by atoms with E-state index in [4.69, 9.17) is 0 Å². The van der Waals surface area contributed by atoms with Crippen molar-refractivity contribution in [2.75, 3.05) is 18.8 Å². The van der Waals surface area contributed by atoms with E-state index in [-0.39, 0.29) is 0 Å². The lowest BCUT2D eigenvalue weighted by Crippen LogP contribution is -2.40. The monoisotopic (exact) mass is 552 g/mol. The average Bonchev–Trinajstić information content (AvgIpc) is 2.88. The van der Waals surface area contributed by atoms with Gasteiger partial charge < -0.3 is 5.32 Å². The molecule has 0 unspecified atom stereocenters. The van der Waals surface area contributed by atoms with E-state index in [1.807, 2.05) is 12.1 Å². The van der Waals surface area contributed by atoms with E-state index in [1.54, 1.807) is 0 Å². The molecule has 0 aromatic heterocycles. The van der Waals surface area contributed by atoms with E-state index in [0.29, 0.717) is 12.5 Å². The third-order valence-electron chi connectivity index (χ3n) is 7.01. The summed E-state index contributed by atoms with van der Waals surface area (Å²) < 4.78 is 59.6. The van der Waals surface area contributed by atoms with Crippen LogP contribution in [0.2, 0.25) is 0 Å². The summed E-state index contributed by atoms with van der Waals surface area (Å²) in [5, 5.41) is 2.59. The number of Topliss-reactive ketones (excluding diaryl/α,β-unsaturated/α-hetero) is 2. The number of amides is 1. The Balaban J connectivity index is 1.39. The number of ketones is 2. The van der Waals surface area contributed by atoms with Crippen molar-refractivity contribution in [3.8, 4) is 0 Å². The second-order valence-corrected chi connectivity index (χ2v) is 12.0. The van der Waals surface area contributed by atoms with Gasteiger partial charge in [0.1, 0.15) is 5.75 Å². The Hall–Kier alpha value is -2.73. The highest BCUT2D eigenvalue weighted by Crippen LogP contribution is 2.49. The quantitative estimate of drug-likeness (QED) is 0.310.